The average molecular weight is 389 g/mol. The first-order chi connectivity index (χ1) is 14.2. The number of hydrogen-bond acceptors (Lipinski definition) is 1. The third kappa shape index (κ3) is 4.20. The maximum absolute atomic E-state index is 6.92. The molecule has 4 rings (SSSR count). The Balaban J connectivity index is 0.00000256. The zero-order valence-corrected chi connectivity index (χ0v) is 18.0. The van der Waals surface area contributed by atoms with Crippen LogP contribution in [0.25, 0.3) is 6.08 Å². The monoisotopic (exact) mass is 388 g/mol. The molecule has 0 fully saturated rings. The quantitative estimate of drug-likeness (QED) is 0.417. The molecule has 2 aromatic rings. The number of rotatable bonds is 8. The van der Waals surface area contributed by atoms with Crippen molar-refractivity contribution >= 4 is 6.08 Å². The molecule has 1 nitrogen and oxygen atoms in total. The summed E-state index contributed by atoms with van der Waals surface area (Å²) in [7, 11) is 0. The smallest absolute Gasteiger partial charge is 0.127 e. The molecule has 0 aliphatic heterocycles. The molecule has 2 aliphatic rings. The largest absolute Gasteiger partial charge is 0.485 e. The van der Waals surface area contributed by atoms with Crippen molar-refractivity contribution in [3.05, 3.63) is 82.9 Å². The summed E-state index contributed by atoms with van der Waals surface area (Å²) in [5, 5.41) is 0. The molecular weight excluding hydrogens is 352 g/mol. The predicted molar refractivity (Wildman–Crippen MR) is 125 cm³/mol. The molecule has 154 valence electrons. The maximum atomic E-state index is 6.92. The lowest BCUT2D eigenvalue weighted by molar-refractivity contribution is 0.0714. The Bertz CT molecular complexity index is 897. The first-order valence-electron chi connectivity index (χ1n) is 11.4. The third-order valence-corrected chi connectivity index (χ3v) is 6.77. The van der Waals surface area contributed by atoms with Crippen LogP contribution in [-0.4, -0.2) is 0 Å². The summed E-state index contributed by atoms with van der Waals surface area (Å²) in [6, 6.07) is 15.5. The van der Waals surface area contributed by atoms with Crippen LogP contribution in [0.4, 0.5) is 0 Å². The minimum atomic E-state index is 0. The van der Waals surface area contributed by atoms with E-state index in [4.69, 9.17) is 4.74 Å². The molecule has 0 heterocycles. The van der Waals surface area contributed by atoms with Crippen LogP contribution in [0.5, 0.6) is 5.75 Å². The van der Waals surface area contributed by atoms with Crippen LogP contribution in [0.2, 0.25) is 0 Å². The summed E-state index contributed by atoms with van der Waals surface area (Å²) < 4.78 is 6.92. The number of fused-ring (bicyclic) bond motifs is 2. The number of allylic oxidation sites excluding steroid dienone is 2. The van der Waals surface area contributed by atoms with Gasteiger partial charge in [-0.1, -0.05) is 73.9 Å². The van der Waals surface area contributed by atoms with Crippen LogP contribution >= 0.6 is 0 Å². The Kier molecular flexibility index (Phi) is 6.23. The van der Waals surface area contributed by atoms with Gasteiger partial charge in [-0.15, -0.1) is 6.58 Å². The van der Waals surface area contributed by atoms with Crippen molar-refractivity contribution in [2.45, 2.75) is 64.9 Å². The van der Waals surface area contributed by atoms with Gasteiger partial charge in [0.2, 0.25) is 0 Å². The van der Waals surface area contributed by atoms with Gasteiger partial charge in [-0.2, -0.15) is 0 Å². The van der Waals surface area contributed by atoms with Gasteiger partial charge in [0.15, 0.2) is 0 Å². The zero-order chi connectivity index (χ0) is 20.2. The molecule has 0 saturated heterocycles. The van der Waals surface area contributed by atoms with Crippen LogP contribution in [0.15, 0.2) is 60.7 Å². The molecule has 0 N–H and O–H groups in total. The van der Waals surface area contributed by atoms with Crippen molar-refractivity contribution in [1.82, 2.24) is 0 Å². The Morgan fingerprint density at radius 3 is 2.79 bits per heavy atom. The van der Waals surface area contributed by atoms with Crippen molar-refractivity contribution in [2.75, 3.05) is 0 Å². The van der Waals surface area contributed by atoms with E-state index in [2.05, 4.69) is 75.0 Å². The van der Waals surface area contributed by atoms with Gasteiger partial charge in [0.1, 0.15) is 11.9 Å². The second-order valence-electron chi connectivity index (χ2n) is 8.85. The third-order valence-electron chi connectivity index (χ3n) is 6.77. The molecule has 29 heavy (non-hydrogen) atoms. The first-order valence-corrected chi connectivity index (χ1v) is 11.4. The molecular formula is C28H36O. The van der Waals surface area contributed by atoms with Gasteiger partial charge in [0.05, 0.1) is 0 Å². The summed E-state index contributed by atoms with van der Waals surface area (Å²) in [6.45, 7) is 8.50. The number of aryl methyl sites for hydroxylation is 1. The molecule has 0 aromatic heterocycles. The molecule has 0 radical (unpaired) electrons. The highest BCUT2D eigenvalue weighted by Crippen LogP contribution is 2.45. The molecule has 0 spiro atoms. The molecule has 2 aliphatic carbocycles. The summed E-state index contributed by atoms with van der Waals surface area (Å²) in [4.78, 5) is 0. The van der Waals surface area contributed by atoms with E-state index < -0.39 is 0 Å². The first kappa shape index (κ1) is 20.0. The van der Waals surface area contributed by atoms with Gasteiger partial charge in [0, 0.05) is 12.9 Å². The lowest BCUT2D eigenvalue weighted by atomic mass is 9.72. The average Bonchev–Trinajstić information content (AvgIpc) is 3.13. The number of ether oxygens (including phenoxy) is 1. The van der Waals surface area contributed by atoms with Crippen LogP contribution < -0.4 is 4.74 Å². The van der Waals surface area contributed by atoms with E-state index in [1.165, 1.54) is 59.9 Å². The Labute approximate surface area is 178 Å². The van der Waals surface area contributed by atoms with E-state index in [0.717, 1.165) is 18.6 Å². The molecule has 1 unspecified atom stereocenters. The fraction of sp³-hybridized carbons (Fsp3) is 0.429. The molecule has 0 bridgehead atoms. The van der Waals surface area contributed by atoms with Crippen molar-refractivity contribution in [2.24, 2.45) is 11.8 Å². The highest BCUT2D eigenvalue weighted by molar-refractivity contribution is 5.68. The van der Waals surface area contributed by atoms with E-state index in [9.17, 15) is 0 Å². The van der Waals surface area contributed by atoms with Crippen molar-refractivity contribution < 1.29 is 6.16 Å². The van der Waals surface area contributed by atoms with Crippen LogP contribution in [0.3, 0.4) is 0 Å². The summed E-state index contributed by atoms with van der Waals surface area (Å²) in [5.74, 6) is 2.31. The lowest BCUT2D eigenvalue weighted by Gasteiger charge is -2.39. The van der Waals surface area contributed by atoms with Crippen molar-refractivity contribution in [3.63, 3.8) is 0 Å². The van der Waals surface area contributed by atoms with Gasteiger partial charge in [-0.25, -0.2) is 0 Å². The standard InChI is InChI=1S/C28H34O.H2/c1-4-6-11-21(10-5-2)25-17-16-22-12-7-8-14-24(22)28(25)29-27-15-9-13-23-18-20(3)19-26(23)27;/h4,7-9,12-15,19,21,25,28H,1,5-6,10-11,16-18H2,2-3H3;1H/t21?,25-,28+;/m1./s1. The fourth-order valence-electron chi connectivity index (χ4n) is 5.40. The van der Waals surface area contributed by atoms with Gasteiger partial charge in [-0.3, -0.25) is 0 Å². The molecule has 2 aromatic carbocycles. The van der Waals surface area contributed by atoms with Gasteiger partial charge < -0.3 is 4.74 Å². The fourth-order valence-corrected chi connectivity index (χ4v) is 5.40. The highest BCUT2D eigenvalue weighted by atomic mass is 16.5. The second kappa shape index (κ2) is 9.03. The minimum Gasteiger partial charge on any atom is -0.485 e. The van der Waals surface area contributed by atoms with E-state index in [1.807, 2.05) is 0 Å². The Morgan fingerprint density at radius 1 is 1.14 bits per heavy atom. The SMILES string of the molecule is C=CCCC(CCC)[C@H]1CCc2ccccc2[C@@H]1Oc1cccc2c1C=C(C)C2.[HH]. The molecule has 0 amide bonds. The van der Waals surface area contributed by atoms with Crippen molar-refractivity contribution in [1.29, 1.82) is 0 Å². The summed E-state index contributed by atoms with van der Waals surface area (Å²) >= 11 is 0. The van der Waals surface area contributed by atoms with Crippen LogP contribution in [0, 0.1) is 11.8 Å². The predicted octanol–water partition coefficient (Wildman–Crippen LogP) is 7.96. The molecule has 1 heteroatoms. The van der Waals surface area contributed by atoms with Gasteiger partial charge >= 0.3 is 0 Å². The van der Waals surface area contributed by atoms with E-state index in [0.29, 0.717) is 11.8 Å². The van der Waals surface area contributed by atoms with Crippen LogP contribution in [-0.2, 0) is 12.8 Å². The summed E-state index contributed by atoms with van der Waals surface area (Å²) in [5.41, 5.74) is 6.99. The summed E-state index contributed by atoms with van der Waals surface area (Å²) in [6.07, 6.45) is 12.8. The second-order valence-corrected chi connectivity index (χ2v) is 8.85. The maximum Gasteiger partial charge on any atom is 0.127 e. The van der Waals surface area contributed by atoms with Crippen molar-refractivity contribution in [3.8, 4) is 5.75 Å². The lowest BCUT2D eigenvalue weighted by Crippen LogP contribution is -2.31. The zero-order valence-electron chi connectivity index (χ0n) is 18.0. The highest BCUT2D eigenvalue weighted by Gasteiger charge is 2.36. The molecule has 0 saturated carbocycles. The Morgan fingerprint density at radius 2 is 1.97 bits per heavy atom. The van der Waals surface area contributed by atoms with E-state index >= 15 is 0 Å². The normalized spacial score (nSPS) is 21.1. The topological polar surface area (TPSA) is 9.23 Å². The van der Waals surface area contributed by atoms with E-state index in [-0.39, 0.29) is 7.53 Å². The van der Waals surface area contributed by atoms with E-state index in [1.54, 1.807) is 0 Å². The number of hydrogen-bond donors (Lipinski definition) is 0. The van der Waals surface area contributed by atoms with Gasteiger partial charge in [0.25, 0.3) is 0 Å². The minimum absolute atomic E-state index is 0. The van der Waals surface area contributed by atoms with Crippen LogP contribution in [0.1, 0.15) is 75.7 Å². The number of benzene rings is 2. The van der Waals surface area contributed by atoms with Gasteiger partial charge in [-0.05, 0) is 67.7 Å². The molecule has 3 atom stereocenters. The Hall–Kier alpha value is -2.28.